The van der Waals surface area contributed by atoms with E-state index in [1.807, 2.05) is 0 Å². The van der Waals surface area contributed by atoms with Crippen molar-refractivity contribution in [2.24, 2.45) is 0 Å². The van der Waals surface area contributed by atoms with Gasteiger partial charge >= 0.3 is 0 Å². The van der Waals surface area contributed by atoms with Gasteiger partial charge in [-0.05, 0) is 10.8 Å². The van der Waals surface area contributed by atoms with Crippen molar-refractivity contribution in [3.63, 3.8) is 0 Å². The Morgan fingerprint density at radius 3 is 1.25 bits per heavy atom. The van der Waals surface area contributed by atoms with Crippen LogP contribution in [0.5, 0.6) is 0 Å². The number of benzene rings is 2. The Morgan fingerprint density at radius 1 is 0.900 bits per heavy atom. The lowest BCUT2D eigenvalue weighted by molar-refractivity contribution is 0.562. The second kappa shape index (κ2) is 15.7. The van der Waals surface area contributed by atoms with Crippen molar-refractivity contribution < 1.29 is 9.59 Å². The molecular formula is C15H13N3O2. The number of allylic oxidation sites excluding steroid dienone is 1. The van der Waals surface area contributed by atoms with Crippen LogP contribution >= 0.6 is 0 Å². The SMILES string of the molecule is C=CC#N.N=C=O.N=C=O.c1ccc2ccccc2c1. The molecule has 0 heterocycles. The molecule has 0 aromatic heterocycles. The smallest absolute Gasteiger partial charge is 0.222 e. The standard InChI is InChI=1S/C10H8.C3H3N.2CHNO/c1-2-6-10-8-4-3-7-9(10)5-1;1-2-3-4;2*2-1-3/h1-8H;2H,1H2;2*2H. The van der Waals surface area contributed by atoms with E-state index in [1.165, 1.54) is 16.8 Å². The summed E-state index contributed by atoms with van der Waals surface area (Å²) in [6.07, 6.45) is 2.68. The van der Waals surface area contributed by atoms with Crippen molar-refractivity contribution in [3.05, 3.63) is 61.2 Å². The third-order valence-corrected chi connectivity index (χ3v) is 1.75. The number of carbonyl (C=O) groups excluding carboxylic acids is 2. The molecule has 2 rings (SSSR count). The van der Waals surface area contributed by atoms with Gasteiger partial charge in [-0.25, -0.2) is 20.4 Å². The molecule has 0 unspecified atom stereocenters. The Kier molecular flexibility index (Phi) is 14.9. The molecule has 5 heteroatoms. The highest BCUT2D eigenvalue weighted by Crippen LogP contribution is 2.11. The Balaban J connectivity index is 0. The van der Waals surface area contributed by atoms with Gasteiger partial charge in [-0.15, -0.1) is 0 Å². The Hall–Kier alpha value is -3.31. The van der Waals surface area contributed by atoms with Gasteiger partial charge in [0.25, 0.3) is 0 Å². The molecule has 2 N–H and O–H groups in total. The first-order valence-electron chi connectivity index (χ1n) is 5.23. The zero-order valence-electron chi connectivity index (χ0n) is 10.7. The fourth-order valence-corrected chi connectivity index (χ4v) is 1.13. The van der Waals surface area contributed by atoms with Crippen molar-refractivity contribution in [1.82, 2.24) is 0 Å². The molecule has 0 spiro atoms. The first-order valence-corrected chi connectivity index (χ1v) is 5.23. The van der Waals surface area contributed by atoms with Crippen molar-refractivity contribution in [1.29, 1.82) is 16.1 Å². The number of nitriles is 1. The molecule has 0 aliphatic rings. The van der Waals surface area contributed by atoms with Crippen LogP contribution in [0.15, 0.2) is 61.2 Å². The third kappa shape index (κ3) is 11.2. The highest BCUT2D eigenvalue weighted by molar-refractivity contribution is 5.81. The molecule has 100 valence electrons. The molecule has 2 aromatic carbocycles. The zero-order chi connectivity index (χ0) is 15.6. The summed E-state index contributed by atoms with van der Waals surface area (Å²) in [4.78, 5) is 16.7. The maximum Gasteiger partial charge on any atom is 0.231 e. The van der Waals surface area contributed by atoms with Crippen LogP contribution in [0.4, 0.5) is 0 Å². The molecule has 0 atom stereocenters. The summed E-state index contributed by atoms with van der Waals surface area (Å²) in [5, 5.41) is 20.9. The van der Waals surface area contributed by atoms with Crippen LogP contribution in [0.2, 0.25) is 0 Å². The Morgan fingerprint density at radius 2 is 1.10 bits per heavy atom. The topological polar surface area (TPSA) is 106 Å². The summed E-state index contributed by atoms with van der Waals surface area (Å²) in [5.74, 6) is 0. The predicted molar refractivity (Wildman–Crippen MR) is 76.6 cm³/mol. The number of hydrogen-bond donors (Lipinski definition) is 2. The summed E-state index contributed by atoms with van der Waals surface area (Å²) in [5.41, 5.74) is 0. The van der Waals surface area contributed by atoms with Crippen LogP contribution in [0, 0.1) is 22.1 Å². The van der Waals surface area contributed by atoms with Crippen molar-refractivity contribution in [2.75, 3.05) is 0 Å². The van der Waals surface area contributed by atoms with Crippen LogP contribution in [0.25, 0.3) is 10.8 Å². The van der Waals surface area contributed by atoms with Crippen LogP contribution in [-0.4, -0.2) is 12.2 Å². The fourth-order valence-electron chi connectivity index (χ4n) is 1.13. The molecule has 0 aliphatic heterocycles. The van der Waals surface area contributed by atoms with Gasteiger partial charge < -0.3 is 0 Å². The van der Waals surface area contributed by atoms with E-state index in [9.17, 15) is 0 Å². The van der Waals surface area contributed by atoms with E-state index >= 15 is 0 Å². The molecular weight excluding hydrogens is 254 g/mol. The lowest BCUT2D eigenvalue weighted by atomic mass is 10.1. The lowest BCUT2D eigenvalue weighted by Gasteiger charge is -1.92. The van der Waals surface area contributed by atoms with Gasteiger partial charge in [0, 0.05) is 6.08 Å². The van der Waals surface area contributed by atoms with Gasteiger partial charge in [0.2, 0.25) is 12.2 Å². The Labute approximate surface area is 116 Å². The van der Waals surface area contributed by atoms with Crippen LogP contribution in [-0.2, 0) is 9.59 Å². The zero-order valence-corrected chi connectivity index (χ0v) is 10.7. The number of rotatable bonds is 0. The van der Waals surface area contributed by atoms with Crippen molar-refractivity contribution in [2.45, 2.75) is 0 Å². The van der Waals surface area contributed by atoms with E-state index in [-0.39, 0.29) is 0 Å². The first-order chi connectivity index (χ1) is 9.71. The summed E-state index contributed by atoms with van der Waals surface area (Å²) >= 11 is 0. The highest BCUT2D eigenvalue weighted by Gasteiger charge is 1.85. The molecule has 0 saturated heterocycles. The Bertz CT molecular complexity index is 541. The second-order valence-electron chi connectivity index (χ2n) is 2.88. The van der Waals surface area contributed by atoms with E-state index in [1.54, 1.807) is 6.07 Å². The van der Waals surface area contributed by atoms with Gasteiger partial charge in [-0.1, -0.05) is 55.1 Å². The number of nitrogens with zero attached hydrogens (tertiary/aromatic N) is 1. The van der Waals surface area contributed by atoms with E-state index < -0.39 is 0 Å². The van der Waals surface area contributed by atoms with Crippen LogP contribution < -0.4 is 0 Å². The number of fused-ring (bicyclic) bond motifs is 1. The molecule has 0 radical (unpaired) electrons. The van der Waals surface area contributed by atoms with Crippen LogP contribution in [0.3, 0.4) is 0 Å². The maximum absolute atomic E-state index is 8.35. The molecule has 0 aliphatic carbocycles. The van der Waals surface area contributed by atoms with Gasteiger partial charge in [0.15, 0.2) is 0 Å². The van der Waals surface area contributed by atoms with Gasteiger partial charge in [0.05, 0.1) is 6.07 Å². The number of nitrogens with one attached hydrogen (secondary N) is 2. The summed E-state index contributed by atoms with van der Waals surface area (Å²) < 4.78 is 0. The molecule has 0 amide bonds. The highest BCUT2D eigenvalue weighted by atomic mass is 16.1. The van der Waals surface area contributed by atoms with E-state index in [4.69, 9.17) is 25.7 Å². The minimum atomic E-state index is 0.750. The lowest BCUT2D eigenvalue weighted by Crippen LogP contribution is -1.67. The first kappa shape index (κ1) is 19.0. The number of hydrogen-bond acceptors (Lipinski definition) is 5. The van der Waals surface area contributed by atoms with Crippen molar-refractivity contribution >= 4 is 22.9 Å². The average Bonchev–Trinajstić information content (AvgIpc) is 2.49. The molecule has 5 nitrogen and oxygen atoms in total. The minimum absolute atomic E-state index is 0.750. The van der Waals surface area contributed by atoms with Crippen molar-refractivity contribution in [3.8, 4) is 6.07 Å². The summed E-state index contributed by atoms with van der Waals surface area (Å²) in [7, 11) is 0. The molecule has 0 saturated carbocycles. The number of isocyanates is 2. The van der Waals surface area contributed by atoms with E-state index in [2.05, 4.69) is 55.1 Å². The van der Waals surface area contributed by atoms with Gasteiger partial charge in [-0.3, -0.25) is 0 Å². The third-order valence-electron chi connectivity index (χ3n) is 1.75. The normalized spacial score (nSPS) is 6.55. The average molecular weight is 267 g/mol. The van der Waals surface area contributed by atoms with Crippen LogP contribution in [0.1, 0.15) is 0 Å². The summed E-state index contributed by atoms with van der Waals surface area (Å²) in [6, 6.07) is 18.4. The van der Waals surface area contributed by atoms with Gasteiger partial charge in [-0.2, -0.15) is 5.26 Å². The fraction of sp³-hybridized carbons (Fsp3) is 0. The largest absolute Gasteiger partial charge is 0.231 e. The maximum atomic E-state index is 8.35. The molecule has 0 bridgehead atoms. The summed E-state index contributed by atoms with van der Waals surface area (Å²) in [6.45, 7) is 3.12. The minimum Gasteiger partial charge on any atom is -0.222 e. The predicted octanol–water partition coefficient (Wildman–Crippen LogP) is 3.34. The van der Waals surface area contributed by atoms with Gasteiger partial charge in [0.1, 0.15) is 0 Å². The van der Waals surface area contributed by atoms with E-state index in [0.29, 0.717) is 0 Å². The quantitative estimate of drug-likeness (QED) is 0.434. The molecule has 20 heavy (non-hydrogen) atoms. The molecule has 0 fully saturated rings. The van der Waals surface area contributed by atoms with E-state index in [0.717, 1.165) is 12.2 Å². The second-order valence-corrected chi connectivity index (χ2v) is 2.88. The molecule has 2 aromatic rings. The monoisotopic (exact) mass is 267 g/mol.